The molecular formula is C13H15N7. The lowest BCUT2D eigenvalue weighted by Gasteiger charge is -2.10. The molecule has 0 radical (unpaired) electrons. The highest BCUT2D eigenvalue weighted by molar-refractivity contribution is 5.53. The van der Waals surface area contributed by atoms with Crippen molar-refractivity contribution in [2.75, 3.05) is 6.54 Å². The summed E-state index contributed by atoms with van der Waals surface area (Å²) in [7, 11) is 1.86. The van der Waals surface area contributed by atoms with E-state index in [1.165, 1.54) is 0 Å². The molecule has 2 heterocycles. The van der Waals surface area contributed by atoms with Gasteiger partial charge in [-0.3, -0.25) is 4.68 Å². The summed E-state index contributed by atoms with van der Waals surface area (Å²) in [6.45, 7) is 0.385. The minimum absolute atomic E-state index is 0.159. The Labute approximate surface area is 116 Å². The van der Waals surface area contributed by atoms with Crippen molar-refractivity contribution < 1.29 is 0 Å². The fourth-order valence-corrected chi connectivity index (χ4v) is 2.04. The summed E-state index contributed by atoms with van der Waals surface area (Å²) >= 11 is 0. The van der Waals surface area contributed by atoms with E-state index >= 15 is 0 Å². The number of benzene rings is 1. The quantitative estimate of drug-likeness (QED) is 0.750. The van der Waals surface area contributed by atoms with Crippen LogP contribution in [0, 0.1) is 0 Å². The topological polar surface area (TPSA) is 87.4 Å². The van der Waals surface area contributed by atoms with Gasteiger partial charge in [-0.1, -0.05) is 30.3 Å². The van der Waals surface area contributed by atoms with Crippen LogP contribution in [-0.4, -0.2) is 36.5 Å². The average molecular weight is 269 g/mol. The standard InChI is InChI=1S/C13H15N7/c1-19-9-11(8-15-19)12(7-14)20-17-13(16-18-20)10-5-3-2-4-6-10/h2-6,8-9,12H,7,14H2,1H3. The van der Waals surface area contributed by atoms with Crippen molar-refractivity contribution in [2.45, 2.75) is 6.04 Å². The smallest absolute Gasteiger partial charge is 0.204 e. The van der Waals surface area contributed by atoms with Gasteiger partial charge in [-0.15, -0.1) is 10.2 Å². The van der Waals surface area contributed by atoms with Crippen LogP contribution in [-0.2, 0) is 7.05 Å². The first kappa shape index (κ1) is 12.5. The number of nitrogens with zero attached hydrogens (tertiary/aromatic N) is 6. The zero-order chi connectivity index (χ0) is 13.9. The molecule has 0 spiro atoms. The minimum atomic E-state index is -0.159. The van der Waals surface area contributed by atoms with Gasteiger partial charge in [0.2, 0.25) is 5.82 Å². The Morgan fingerprint density at radius 3 is 2.70 bits per heavy atom. The Balaban J connectivity index is 1.92. The monoisotopic (exact) mass is 269 g/mol. The van der Waals surface area contributed by atoms with E-state index in [0.717, 1.165) is 11.1 Å². The second kappa shape index (κ2) is 5.22. The number of nitrogens with two attached hydrogens (primary N) is 1. The lowest BCUT2D eigenvalue weighted by atomic mass is 10.2. The molecule has 7 nitrogen and oxygen atoms in total. The molecule has 1 unspecified atom stereocenters. The van der Waals surface area contributed by atoms with Crippen molar-refractivity contribution in [1.82, 2.24) is 30.0 Å². The first-order valence-corrected chi connectivity index (χ1v) is 6.31. The summed E-state index contributed by atoms with van der Waals surface area (Å²) in [5.74, 6) is 0.591. The van der Waals surface area contributed by atoms with Gasteiger partial charge in [-0.05, 0) is 5.21 Å². The highest BCUT2D eigenvalue weighted by Gasteiger charge is 2.17. The molecule has 0 bridgehead atoms. The summed E-state index contributed by atoms with van der Waals surface area (Å²) in [5, 5.41) is 16.8. The average Bonchev–Trinajstić information content (AvgIpc) is 3.11. The Morgan fingerprint density at radius 1 is 1.25 bits per heavy atom. The zero-order valence-corrected chi connectivity index (χ0v) is 11.1. The van der Waals surface area contributed by atoms with Crippen LogP contribution in [0.2, 0.25) is 0 Å². The maximum absolute atomic E-state index is 5.83. The zero-order valence-electron chi connectivity index (χ0n) is 11.1. The number of tetrazole rings is 1. The second-order valence-corrected chi connectivity index (χ2v) is 4.50. The molecule has 0 amide bonds. The van der Waals surface area contributed by atoms with Gasteiger partial charge in [-0.25, -0.2) is 0 Å². The SMILES string of the molecule is Cn1cc(C(CN)n2nnc(-c3ccccc3)n2)cn1. The third-order valence-electron chi connectivity index (χ3n) is 3.07. The van der Waals surface area contributed by atoms with Crippen LogP contribution >= 0.6 is 0 Å². The van der Waals surface area contributed by atoms with Gasteiger partial charge >= 0.3 is 0 Å². The first-order valence-electron chi connectivity index (χ1n) is 6.31. The maximum Gasteiger partial charge on any atom is 0.204 e. The molecule has 0 saturated heterocycles. The van der Waals surface area contributed by atoms with Crippen molar-refractivity contribution >= 4 is 0 Å². The molecule has 3 aromatic rings. The largest absolute Gasteiger partial charge is 0.328 e. The second-order valence-electron chi connectivity index (χ2n) is 4.50. The van der Waals surface area contributed by atoms with Crippen LogP contribution in [0.1, 0.15) is 11.6 Å². The van der Waals surface area contributed by atoms with Gasteiger partial charge in [-0.2, -0.15) is 9.90 Å². The van der Waals surface area contributed by atoms with Crippen LogP contribution in [0.5, 0.6) is 0 Å². The van der Waals surface area contributed by atoms with Crippen molar-refractivity contribution in [3.63, 3.8) is 0 Å². The van der Waals surface area contributed by atoms with Gasteiger partial charge in [0.05, 0.1) is 6.20 Å². The van der Waals surface area contributed by atoms with E-state index in [4.69, 9.17) is 5.73 Å². The normalized spacial score (nSPS) is 12.5. The van der Waals surface area contributed by atoms with E-state index in [-0.39, 0.29) is 6.04 Å². The number of aromatic nitrogens is 6. The highest BCUT2D eigenvalue weighted by atomic mass is 15.6. The van der Waals surface area contributed by atoms with E-state index < -0.39 is 0 Å². The summed E-state index contributed by atoms with van der Waals surface area (Å²) in [5.41, 5.74) is 7.72. The molecule has 2 aromatic heterocycles. The van der Waals surface area contributed by atoms with Crippen LogP contribution < -0.4 is 5.73 Å². The number of rotatable bonds is 4. The van der Waals surface area contributed by atoms with Gasteiger partial charge in [0.15, 0.2) is 0 Å². The van der Waals surface area contributed by atoms with Gasteiger partial charge in [0.25, 0.3) is 0 Å². The lowest BCUT2D eigenvalue weighted by Crippen LogP contribution is -2.22. The minimum Gasteiger partial charge on any atom is -0.328 e. The molecule has 3 rings (SSSR count). The van der Waals surface area contributed by atoms with Crippen LogP contribution in [0.3, 0.4) is 0 Å². The molecule has 0 saturated carbocycles. The number of aryl methyl sites for hydroxylation is 1. The van der Waals surface area contributed by atoms with E-state index in [2.05, 4.69) is 20.5 Å². The summed E-state index contributed by atoms with van der Waals surface area (Å²) < 4.78 is 1.73. The van der Waals surface area contributed by atoms with E-state index in [1.54, 1.807) is 15.7 Å². The van der Waals surface area contributed by atoms with Gasteiger partial charge < -0.3 is 5.73 Å². The molecule has 1 aromatic carbocycles. The molecular weight excluding hydrogens is 254 g/mol. The molecule has 102 valence electrons. The molecule has 7 heteroatoms. The first-order chi connectivity index (χ1) is 9.78. The number of hydrogen-bond donors (Lipinski definition) is 1. The highest BCUT2D eigenvalue weighted by Crippen LogP contribution is 2.17. The Kier molecular flexibility index (Phi) is 3.26. The van der Waals surface area contributed by atoms with Crippen molar-refractivity contribution in [3.05, 3.63) is 48.3 Å². The van der Waals surface area contributed by atoms with Crippen molar-refractivity contribution in [1.29, 1.82) is 0 Å². The predicted molar refractivity (Wildman–Crippen MR) is 73.7 cm³/mol. The molecule has 2 N–H and O–H groups in total. The molecule has 0 aliphatic heterocycles. The van der Waals surface area contributed by atoms with Crippen LogP contribution in [0.4, 0.5) is 0 Å². The fourth-order valence-electron chi connectivity index (χ4n) is 2.04. The van der Waals surface area contributed by atoms with Gasteiger partial charge in [0.1, 0.15) is 6.04 Å². The third-order valence-corrected chi connectivity index (χ3v) is 3.07. The third kappa shape index (κ3) is 2.30. The lowest BCUT2D eigenvalue weighted by molar-refractivity contribution is 0.458. The molecule has 20 heavy (non-hydrogen) atoms. The molecule has 0 fully saturated rings. The van der Waals surface area contributed by atoms with Crippen LogP contribution in [0.15, 0.2) is 42.7 Å². The Morgan fingerprint density at radius 2 is 2.05 bits per heavy atom. The van der Waals surface area contributed by atoms with Crippen molar-refractivity contribution in [2.24, 2.45) is 12.8 Å². The Bertz CT molecular complexity index is 686. The van der Waals surface area contributed by atoms with E-state index in [0.29, 0.717) is 12.4 Å². The maximum atomic E-state index is 5.83. The fraction of sp³-hybridized carbons (Fsp3) is 0.231. The van der Waals surface area contributed by atoms with Crippen molar-refractivity contribution in [3.8, 4) is 11.4 Å². The molecule has 0 aliphatic carbocycles. The summed E-state index contributed by atoms with van der Waals surface area (Å²) in [4.78, 5) is 1.54. The van der Waals surface area contributed by atoms with Gasteiger partial charge in [0, 0.05) is 30.9 Å². The van der Waals surface area contributed by atoms with E-state index in [9.17, 15) is 0 Å². The summed E-state index contributed by atoms with van der Waals surface area (Å²) in [6, 6.07) is 9.57. The number of hydrogen-bond acceptors (Lipinski definition) is 5. The Hall–Kier alpha value is -2.54. The van der Waals surface area contributed by atoms with E-state index in [1.807, 2.05) is 43.6 Å². The molecule has 0 aliphatic rings. The predicted octanol–water partition coefficient (Wildman–Crippen LogP) is 0.622. The summed E-state index contributed by atoms with van der Waals surface area (Å²) in [6.07, 6.45) is 3.67. The van der Waals surface area contributed by atoms with Crippen LogP contribution in [0.25, 0.3) is 11.4 Å². The molecule has 1 atom stereocenters.